The summed E-state index contributed by atoms with van der Waals surface area (Å²) < 4.78 is 0. The predicted octanol–water partition coefficient (Wildman–Crippen LogP) is 5.05. The quantitative estimate of drug-likeness (QED) is 0.542. The smallest absolute Gasteiger partial charge is 0.225 e. The molecule has 2 aromatic rings. The summed E-state index contributed by atoms with van der Waals surface area (Å²) in [6.07, 6.45) is 5.02. The maximum absolute atomic E-state index is 12.2. The van der Waals surface area contributed by atoms with Crippen LogP contribution < -0.4 is 5.32 Å². The maximum atomic E-state index is 12.2. The van der Waals surface area contributed by atoms with E-state index in [1.165, 1.54) is 33.1 Å². The minimum absolute atomic E-state index is 0.228. The number of amides is 1. The summed E-state index contributed by atoms with van der Waals surface area (Å²) in [5, 5.41) is 22.1. The van der Waals surface area contributed by atoms with Crippen molar-refractivity contribution in [1.82, 2.24) is 5.32 Å². The Bertz CT molecular complexity index is 730. The van der Waals surface area contributed by atoms with Crippen molar-refractivity contribution in [2.75, 3.05) is 0 Å². The summed E-state index contributed by atoms with van der Waals surface area (Å²) in [6.45, 7) is 8.94. The molecule has 1 aliphatic carbocycles. The van der Waals surface area contributed by atoms with Crippen LogP contribution in [0.25, 0.3) is 0 Å². The first-order valence-electron chi connectivity index (χ1n) is 11.6. The van der Waals surface area contributed by atoms with Crippen molar-refractivity contribution in [2.24, 2.45) is 5.92 Å². The molecule has 1 aliphatic rings. The molecule has 0 saturated heterocycles. The van der Waals surface area contributed by atoms with Crippen LogP contribution in [0.4, 0.5) is 0 Å². The lowest BCUT2D eigenvalue weighted by Crippen LogP contribution is -2.47. The molecule has 4 nitrogen and oxygen atoms in total. The lowest BCUT2D eigenvalue weighted by molar-refractivity contribution is -0.132. The molecule has 0 aliphatic heterocycles. The predicted molar refractivity (Wildman–Crippen MR) is 129 cm³/mol. The first-order chi connectivity index (χ1) is 14.8. The molecule has 2 atom stereocenters. The van der Waals surface area contributed by atoms with Gasteiger partial charge in [0, 0.05) is 5.92 Å². The van der Waals surface area contributed by atoms with Gasteiger partial charge in [-0.15, -0.1) is 0 Å². The van der Waals surface area contributed by atoms with Crippen LogP contribution in [0, 0.1) is 5.92 Å². The van der Waals surface area contributed by atoms with Gasteiger partial charge in [-0.2, -0.15) is 0 Å². The Balaban J connectivity index is 0.000000358. The molecule has 31 heavy (non-hydrogen) atoms. The van der Waals surface area contributed by atoms with E-state index >= 15 is 0 Å². The number of aryl methyl sites for hydroxylation is 2. The molecular formula is C27H41NO3. The van der Waals surface area contributed by atoms with Gasteiger partial charge in [-0.25, -0.2) is 0 Å². The van der Waals surface area contributed by atoms with Gasteiger partial charge < -0.3 is 15.5 Å². The van der Waals surface area contributed by atoms with E-state index in [1.54, 1.807) is 11.1 Å². The third kappa shape index (κ3) is 10.6. The Hall–Kier alpha value is -2.17. The molecule has 3 N–H and O–H groups in total. The van der Waals surface area contributed by atoms with Gasteiger partial charge in [0.2, 0.25) is 5.91 Å². The van der Waals surface area contributed by atoms with Crippen molar-refractivity contribution in [3.05, 3.63) is 71.3 Å². The monoisotopic (exact) mass is 427 g/mol. The van der Waals surface area contributed by atoms with Crippen LogP contribution in [0.2, 0.25) is 0 Å². The van der Waals surface area contributed by atoms with Crippen LogP contribution in [0.5, 0.6) is 0 Å². The molecule has 0 bridgehead atoms. The number of carbonyl (C=O) groups excluding carboxylic acids is 1. The van der Waals surface area contributed by atoms with Crippen molar-refractivity contribution in [3.8, 4) is 0 Å². The number of hydrogen-bond acceptors (Lipinski definition) is 3. The van der Waals surface area contributed by atoms with Crippen LogP contribution in [-0.2, 0) is 24.1 Å². The van der Waals surface area contributed by atoms with E-state index in [9.17, 15) is 15.0 Å². The number of aliphatic hydroxyl groups excluding tert-OH is 1. The first-order valence-corrected chi connectivity index (χ1v) is 11.6. The Morgan fingerprint density at radius 1 is 1.00 bits per heavy atom. The highest BCUT2D eigenvalue weighted by Gasteiger charge is 2.26. The summed E-state index contributed by atoms with van der Waals surface area (Å²) in [6, 6.07) is 18.4. The van der Waals surface area contributed by atoms with Gasteiger partial charge in [0.1, 0.15) is 5.72 Å². The van der Waals surface area contributed by atoms with Gasteiger partial charge in [-0.05, 0) is 69.1 Å². The van der Waals surface area contributed by atoms with Gasteiger partial charge in [0.25, 0.3) is 0 Å². The molecule has 0 heterocycles. The van der Waals surface area contributed by atoms with Crippen molar-refractivity contribution in [3.63, 3.8) is 0 Å². The van der Waals surface area contributed by atoms with Gasteiger partial charge in [0.05, 0.1) is 6.10 Å². The number of hydrogen-bond donors (Lipinski definition) is 3. The largest absolute Gasteiger partial charge is 0.393 e. The fourth-order valence-corrected chi connectivity index (χ4v) is 3.59. The molecule has 1 amide bonds. The molecular weight excluding hydrogens is 386 g/mol. The van der Waals surface area contributed by atoms with Crippen LogP contribution in [-0.4, -0.2) is 27.9 Å². The highest BCUT2D eigenvalue weighted by Crippen LogP contribution is 2.20. The fraction of sp³-hybridized carbons (Fsp3) is 0.519. The average Bonchev–Trinajstić information content (AvgIpc) is 3.23. The van der Waals surface area contributed by atoms with Crippen LogP contribution >= 0.6 is 0 Å². The summed E-state index contributed by atoms with van der Waals surface area (Å²) in [4.78, 5) is 12.2. The van der Waals surface area contributed by atoms with Crippen LogP contribution in [0.3, 0.4) is 0 Å². The second-order valence-electron chi connectivity index (χ2n) is 8.35. The molecule has 0 unspecified atom stereocenters. The van der Waals surface area contributed by atoms with Crippen molar-refractivity contribution in [2.45, 2.75) is 85.0 Å². The molecule has 172 valence electrons. The number of rotatable bonds is 7. The highest BCUT2D eigenvalue weighted by atomic mass is 16.3. The van der Waals surface area contributed by atoms with E-state index in [4.69, 9.17) is 0 Å². The molecule has 0 radical (unpaired) electrons. The molecule has 0 saturated carbocycles. The summed E-state index contributed by atoms with van der Waals surface area (Å²) in [7, 11) is 0. The minimum atomic E-state index is -1.25. The van der Waals surface area contributed by atoms with E-state index in [1.807, 2.05) is 51.1 Å². The minimum Gasteiger partial charge on any atom is -0.393 e. The summed E-state index contributed by atoms with van der Waals surface area (Å²) in [5.41, 5.74) is 2.94. The maximum Gasteiger partial charge on any atom is 0.225 e. The zero-order chi connectivity index (χ0) is 23.3. The summed E-state index contributed by atoms with van der Waals surface area (Å²) in [5.74, 6) is -0.576. The molecule has 4 heteroatoms. The molecule has 2 aromatic carbocycles. The zero-order valence-electron chi connectivity index (χ0n) is 19.9. The van der Waals surface area contributed by atoms with Gasteiger partial charge in [0.15, 0.2) is 0 Å². The Labute approximate surface area is 188 Å². The topological polar surface area (TPSA) is 69.6 Å². The van der Waals surface area contributed by atoms with Crippen molar-refractivity contribution >= 4 is 5.91 Å². The Kier molecular flexibility index (Phi) is 12.1. The van der Waals surface area contributed by atoms with E-state index in [0.29, 0.717) is 19.3 Å². The van der Waals surface area contributed by atoms with Crippen LogP contribution in [0.15, 0.2) is 54.6 Å². The second kappa shape index (κ2) is 14.0. The van der Waals surface area contributed by atoms with Crippen molar-refractivity contribution in [1.29, 1.82) is 0 Å². The lowest BCUT2D eigenvalue weighted by atomic mass is 9.91. The number of nitrogens with one attached hydrogen (secondary N) is 1. The lowest BCUT2D eigenvalue weighted by Gasteiger charge is -2.25. The molecule has 0 spiro atoms. The normalized spacial score (nSPS) is 14.2. The number of fused-ring (bicyclic) bond motifs is 1. The Morgan fingerprint density at radius 3 is 2.00 bits per heavy atom. The summed E-state index contributed by atoms with van der Waals surface area (Å²) >= 11 is 0. The van der Waals surface area contributed by atoms with E-state index < -0.39 is 11.8 Å². The number of benzene rings is 2. The third-order valence-electron chi connectivity index (χ3n) is 5.16. The molecule has 0 aromatic heterocycles. The fourth-order valence-electron chi connectivity index (χ4n) is 3.59. The SMILES string of the molecule is CC.CC[C@@H](O)C[C@@H](Cc1ccccc1)C(=O)NC(C)(C)O.c1ccc2c(c1)CCC2. The second-order valence-corrected chi connectivity index (χ2v) is 8.35. The van der Waals surface area contributed by atoms with Gasteiger partial charge >= 0.3 is 0 Å². The zero-order valence-corrected chi connectivity index (χ0v) is 19.9. The van der Waals surface area contributed by atoms with Gasteiger partial charge in [-0.3, -0.25) is 4.79 Å². The number of carbonyl (C=O) groups is 1. The van der Waals surface area contributed by atoms with E-state index in [0.717, 1.165) is 5.56 Å². The van der Waals surface area contributed by atoms with E-state index in [-0.39, 0.29) is 11.8 Å². The number of aliphatic hydroxyl groups is 2. The van der Waals surface area contributed by atoms with Crippen LogP contribution in [0.1, 0.15) is 70.6 Å². The van der Waals surface area contributed by atoms with Crippen molar-refractivity contribution < 1.29 is 15.0 Å². The van der Waals surface area contributed by atoms with Gasteiger partial charge in [-0.1, -0.05) is 75.4 Å². The Morgan fingerprint density at radius 2 is 1.52 bits per heavy atom. The standard InChI is InChI=1S/C16H25NO3.C9H10.C2H6/c1-4-14(18)11-13(15(19)17-16(2,3)20)10-12-8-6-5-7-9-12;1-2-5-9-7-3-6-8(9)4-1;1-2/h5-9,13-14,18,20H,4,10-11H2,1-3H3,(H,17,19);1-2,4-5H,3,6-7H2;1-2H3/t13-,14-;;/m1../s1. The average molecular weight is 428 g/mol. The first kappa shape index (κ1) is 26.9. The van der Waals surface area contributed by atoms with E-state index in [2.05, 4.69) is 29.6 Å². The highest BCUT2D eigenvalue weighted by molar-refractivity contribution is 5.79. The third-order valence-corrected chi connectivity index (χ3v) is 5.16. The molecule has 3 rings (SSSR count). The molecule has 0 fully saturated rings.